The third-order valence-electron chi connectivity index (χ3n) is 7.91. The fraction of sp³-hybridized carbons (Fsp3) is 0.323. The number of hydrogen-bond donors (Lipinski definition) is 3. The van der Waals surface area contributed by atoms with Gasteiger partial charge in [-0.15, -0.1) is 0 Å². The van der Waals surface area contributed by atoms with Gasteiger partial charge in [-0.3, -0.25) is 4.79 Å². The Morgan fingerprint density at radius 1 is 1.26 bits per heavy atom. The molecule has 214 valence electrons. The number of Topliss-reactive ketones (excluding diaryl/α,β-unsaturated/α-hetero) is 1. The highest BCUT2D eigenvalue weighted by molar-refractivity contribution is 6.01. The molecule has 2 fully saturated rings. The number of anilines is 1. The Morgan fingerprint density at radius 3 is 2.79 bits per heavy atom. The van der Waals surface area contributed by atoms with Gasteiger partial charge in [0.25, 0.3) is 0 Å². The molecule has 0 amide bonds. The second kappa shape index (κ2) is 11.3. The number of fused-ring (bicyclic) bond motifs is 1. The third kappa shape index (κ3) is 5.34. The highest BCUT2D eigenvalue weighted by Gasteiger charge is 2.42. The van der Waals surface area contributed by atoms with E-state index in [0.717, 1.165) is 19.4 Å². The summed E-state index contributed by atoms with van der Waals surface area (Å²) in [7, 11) is 0. The van der Waals surface area contributed by atoms with Crippen molar-refractivity contribution in [3.05, 3.63) is 72.3 Å². The van der Waals surface area contributed by atoms with Crippen molar-refractivity contribution in [2.45, 2.75) is 44.3 Å². The first-order valence-electron chi connectivity index (χ1n) is 14.1. The van der Waals surface area contributed by atoms with E-state index in [2.05, 4.69) is 26.7 Å². The quantitative estimate of drug-likeness (QED) is 0.190. The van der Waals surface area contributed by atoms with Gasteiger partial charge in [0.15, 0.2) is 11.4 Å². The molecule has 42 heavy (non-hydrogen) atoms. The van der Waals surface area contributed by atoms with Crippen LogP contribution in [0.3, 0.4) is 0 Å². The molecule has 1 aliphatic carbocycles. The van der Waals surface area contributed by atoms with Crippen molar-refractivity contribution in [2.75, 3.05) is 18.8 Å². The van der Waals surface area contributed by atoms with Crippen LogP contribution in [0.25, 0.3) is 22.3 Å². The molecular formula is C31H31FN8O2. The number of nitrogens with one attached hydrogen (secondary N) is 2. The number of carbonyl (C=O) groups is 1. The van der Waals surface area contributed by atoms with E-state index >= 15 is 4.39 Å². The first kappa shape index (κ1) is 27.5. The first-order chi connectivity index (χ1) is 20.4. The second-order valence-corrected chi connectivity index (χ2v) is 10.7. The summed E-state index contributed by atoms with van der Waals surface area (Å²) >= 11 is 0. The van der Waals surface area contributed by atoms with Gasteiger partial charge >= 0.3 is 0 Å². The molecule has 1 saturated carbocycles. The van der Waals surface area contributed by atoms with Crippen molar-refractivity contribution in [1.29, 1.82) is 5.26 Å². The lowest BCUT2D eigenvalue weighted by Crippen LogP contribution is -2.37. The molecule has 2 aliphatic rings. The topological polar surface area (TPSA) is 144 Å². The molecular weight excluding hydrogens is 535 g/mol. The number of likely N-dealkylation sites (N-methyl/N-ethyl adjacent to an activating group) is 1. The lowest BCUT2D eigenvalue weighted by Gasteiger charge is -2.19. The minimum absolute atomic E-state index is 0.171. The molecule has 2 atom stereocenters. The van der Waals surface area contributed by atoms with Gasteiger partial charge in [0.05, 0.1) is 17.5 Å². The maximum atomic E-state index is 15.5. The van der Waals surface area contributed by atoms with Crippen LogP contribution in [0.1, 0.15) is 26.2 Å². The van der Waals surface area contributed by atoms with Crippen LogP contribution in [0.4, 0.5) is 10.2 Å². The number of halogens is 1. The minimum atomic E-state index is -0.538. The molecule has 0 spiro atoms. The predicted molar refractivity (Wildman–Crippen MR) is 156 cm³/mol. The van der Waals surface area contributed by atoms with Gasteiger partial charge in [0, 0.05) is 29.1 Å². The molecule has 1 saturated heterocycles. The molecule has 3 heterocycles. The van der Waals surface area contributed by atoms with Crippen LogP contribution in [-0.2, 0) is 11.3 Å². The van der Waals surface area contributed by atoms with Crippen molar-refractivity contribution in [3.63, 3.8) is 0 Å². The number of ether oxygens (including phenoxy) is 1. The fourth-order valence-corrected chi connectivity index (χ4v) is 5.68. The summed E-state index contributed by atoms with van der Waals surface area (Å²) in [5, 5.41) is 21.8. The van der Waals surface area contributed by atoms with Gasteiger partial charge in [0.2, 0.25) is 0 Å². The maximum absolute atomic E-state index is 15.5. The Labute approximate surface area is 242 Å². The Bertz CT molecular complexity index is 1710. The normalized spacial score (nSPS) is 19.5. The molecule has 6 rings (SSSR count). The van der Waals surface area contributed by atoms with Crippen LogP contribution in [0.2, 0.25) is 0 Å². The number of ketones is 1. The van der Waals surface area contributed by atoms with E-state index in [0.29, 0.717) is 41.2 Å². The molecule has 1 aliphatic heterocycles. The largest absolute Gasteiger partial charge is 0.457 e. The standard InChI is InChI=1S/C31H31FN8O2/c1-2-38-31(11-12-31)15-19(16-33)28(41)23-10-13-35-25(23)17-40-30-26(29(34)36-18-37-30)27(39-40)22-9-8-21(14-24(22)32)42-20-6-4-3-5-7-20/h3-9,14-15,18,23,25,35,38H,2,10-13,17H2,1H3,(H2,34,36,37)/t23?,25-/m0/s1. The van der Waals surface area contributed by atoms with Crippen LogP contribution in [-0.4, -0.2) is 50.2 Å². The van der Waals surface area contributed by atoms with Gasteiger partial charge in [-0.25, -0.2) is 19.0 Å². The van der Waals surface area contributed by atoms with Crippen LogP contribution in [0, 0.1) is 23.1 Å². The lowest BCUT2D eigenvalue weighted by atomic mass is 9.90. The Morgan fingerprint density at radius 2 is 2.07 bits per heavy atom. The molecule has 0 radical (unpaired) electrons. The average molecular weight is 567 g/mol. The summed E-state index contributed by atoms with van der Waals surface area (Å²) in [6, 6.07) is 15.5. The Kier molecular flexibility index (Phi) is 7.41. The summed E-state index contributed by atoms with van der Waals surface area (Å²) in [6.45, 7) is 3.67. The number of allylic oxidation sites excluding steroid dienone is 1. The van der Waals surface area contributed by atoms with E-state index in [1.54, 1.807) is 35.0 Å². The number of hydrogen-bond acceptors (Lipinski definition) is 9. The SMILES string of the molecule is CCNC1(C=C(C#N)C(=O)C2CCN[C@H]2Cn2nc(-c3ccc(Oc4ccccc4)cc3F)c3c(N)ncnc32)CC1. The number of nitrogens with zero attached hydrogens (tertiary/aromatic N) is 5. The zero-order valence-electron chi connectivity index (χ0n) is 23.2. The summed E-state index contributed by atoms with van der Waals surface area (Å²) in [5.74, 6) is -0.0262. The van der Waals surface area contributed by atoms with Crippen molar-refractivity contribution >= 4 is 22.6 Å². The smallest absolute Gasteiger partial charge is 0.177 e. The number of nitrogens with two attached hydrogens (primary N) is 1. The van der Waals surface area contributed by atoms with Crippen LogP contribution in [0.15, 0.2) is 66.5 Å². The van der Waals surface area contributed by atoms with Crippen LogP contribution in [0.5, 0.6) is 11.5 Å². The number of nitriles is 1. The number of benzene rings is 2. The number of aromatic nitrogens is 4. The van der Waals surface area contributed by atoms with E-state index in [1.165, 1.54) is 12.4 Å². The summed E-state index contributed by atoms with van der Waals surface area (Å²) in [4.78, 5) is 22.1. The van der Waals surface area contributed by atoms with Gasteiger partial charge in [-0.1, -0.05) is 25.1 Å². The van der Waals surface area contributed by atoms with E-state index in [-0.39, 0.29) is 40.9 Å². The van der Waals surface area contributed by atoms with Crippen molar-refractivity contribution in [2.24, 2.45) is 5.92 Å². The number of carbonyl (C=O) groups excluding carboxylic acids is 1. The lowest BCUT2D eigenvalue weighted by molar-refractivity contribution is -0.119. The molecule has 4 aromatic rings. The molecule has 4 N–H and O–H groups in total. The van der Waals surface area contributed by atoms with Gasteiger partial charge in [0.1, 0.15) is 41.2 Å². The summed E-state index contributed by atoms with van der Waals surface area (Å²) in [6.07, 6.45) is 5.55. The van der Waals surface area contributed by atoms with E-state index in [9.17, 15) is 10.1 Å². The highest BCUT2D eigenvalue weighted by Crippen LogP contribution is 2.39. The molecule has 11 heteroatoms. The molecule has 10 nitrogen and oxygen atoms in total. The summed E-state index contributed by atoms with van der Waals surface area (Å²) < 4.78 is 22.9. The minimum Gasteiger partial charge on any atom is -0.457 e. The zero-order chi connectivity index (χ0) is 29.3. The number of nitrogen functional groups attached to an aromatic ring is 1. The van der Waals surface area contributed by atoms with Crippen LogP contribution < -0.4 is 21.1 Å². The fourth-order valence-electron chi connectivity index (χ4n) is 5.68. The van der Waals surface area contributed by atoms with Crippen molar-refractivity contribution in [3.8, 4) is 28.8 Å². The van der Waals surface area contributed by atoms with Crippen molar-refractivity contribution < 1.29 is 13.9 Å². The predicted octanol–water partition coefficient (Wildman–Crippen LogP) is 4.15. The molecule has 0 bridgehead atoms. The Balaban J connectivity index is 1.29. The second-order valence-electron chi connectivity index (χ2n) is 10.7. The first-order valence-corrected chi connectivity index (χ1v) is 14.1. The van der Waals surface area contributed by atoms with Crippen molar-refractivity contribution in [1.82, 2.24) is 30.4 Å². The maximum Gasteiger partial charge on any atom is 0.177 e. The molecule has 2 aromatic carbocycles. The van der Waals surface area contributed by atoms with Gasteiger partial charge in [-0.2, -0.15) is 10.4 Å². The third-order valence-corrected chi connectivity index (χ3v) is 7.91. The highest BCUT2D eigenvalue weighted by atomic mass is 19.1. The van der Waals surface area contributed by atoms with E-state index in [4.69, 9.17) is 15.6 Å². The van der Waals surface area contributed by atoms with E-state index in [1.807, 2.05) is 25.1 Å². The number of rotatable bonds is 10. The van der Waals surface area contributed by atoms with Crippen LogP contribution >= 0.6 is 0 Å². The van der Waals surface area contributed by atoms with Gasteiger partial charge in [-0.05, 0) is 62.7 Å². The van der Waals surface area contributed by atoms with Gasteiger partial charge < -0.3 is 21.1 Å². The van der Waals surface area contributed by atoms with E-state index < -0.39 is 11.7 Å². The Hall–Kier alpha value is -4.66. The average Bonchev–Trinajstić information content (AvgIpc) is 3.41. The summed E-state index contributed by atoms with van der Waals surface area (Å²) in [5.41, 5.74) is 7.13. The monoisotopic (exact) mass is 566 g/mol. The zero-order valence-corrected chi connectivity index (χ0v) is 23.2. The number of para-hydroxylation sites is 1. The molecule has 2 aromatic heterocycles. The molecule has 1 unspecified atom stereocenters.